The van der Waals surface area contributed by atoms with E-state index in [4.69, 9.17) is 0 Å². The van der Waals surface area contributed by atoms with Crippen molar-refractivity contribution in [1.29, 1.82) is 0 Å². The summed E-state index contributed by atoms with van der Waals surface area (Å²) in [5, 5.41) is 0. The van der Waals surface area contributed by atoms with Crippen molar-refractivity contribution in [2.45, 2.75) is 29.6 Å². The SMILES string of the molecule is C[C]1([SnH])CCC1. The van der Waals surface area contributed by atoms with E-state index in [1.165, 1.54) is 41.8 Å². The molecule has 6 heavy (non-hydrogen) atoms. The Morgan fingerprint density at radius 3 is 1.83 bits per heavy atom. The van der Waals surface area contributed by atoms with Crippen molar-refractivity contribution >= 4 is 22.5 Å². The molecular formula is C5H10Sn. The van der Waals surface area contributed by atoms with Crippen LogP contribution in [0.4, 0.5) is 0 Å². The fourth-order valence-corrected chi connectivity index (χ4v) is 1.90. The van der Waals surface area contributed by atoms with Gasteiger partial charge >= 0.3 is 52.1 Å². The zero-order valence-corrected chi connectivity index (χ0v) is 7.49. The van der Waals surface area contributed by atoms with Gasteiger partial charge in [0.05, 0.1) is 0 Å². The van der Waals surface area contributed by atoms with Crippen LogP contribution in [0, 0.1) is 0 Å². The van der Waals surface area contributed by atoms with Crippen molar-refractivity contribution in [3.05, 3.63) is 0 Å². The molecular weight excluding hydrogens is 179 g/mol. The zero-order chi connectivity index (χ0) is 4.62. The number of rotatable bonds is 0. The average molecular weight is 189 g/mol. The molecule has 0 amide bonds. The summed E-state index contributed by atoms with van der Waals surface area (Å²) in [6.07, 6.45) is 4.52. The molecule has 1 aliphatic rings. The quantitative estimate of drug-likeness (QED) is 0.503. The fourth-order valence-electron chi connectivity index (χ4n) is 0.734. The van der Waals surface area contributed by atoms with Crippen molar-refractivity contribution in [2.75, 3.05) is 0 Å². The van der Waals surface area contributed by atoms with Crippen molar-refractivity contribution < 1.29 is 0 Å². The van der Waals surface area contributed by atoms with E-state index in [2.05, 4.69) is 6.92 Å². The van der Waals surface area contributed by atoms with Crippen LogP contribution in [0.1, 0.15) is 26.2 Å². The number of hydrogen-bond donors (Lipinski definition) is 0. The summed E-state index contributed by atoms with van der Waals surface area (Å²) >= 11 is 1.47. The molecule has 0 aromatic carbocycles. The maximum atomic E-state index is 2.39. The van der Waals surface area contributed by atoms with E-state index in [9.17, 15) is 0 Å². The van der Waals surface area contributed by atoms with Gasteiger partial charge < -0.3 is 0 Å². The Hall–Kier alpha value is 0.799. The van der Waals surface area contributed by atoms with E-state index in [1.54, 1.807) is 0 Å². The minimum atomic E-state index is 0.852. The first-order valence-corrected chi connectivity index (χ1v) is 4.14. The van der Waals surface area contributed by atoms with Crippen LogP contribution < -0.4 is 0 Å². The third-order valence-corrected chi connectivity index (χ3v) is 3.14. The standard InChI is InChI=1S/C5H9.Sn.H/c1-5-3-2-4-5;;/h2-4H2,1H3;;. The molecule has 2 radical (unpaired) electrons. The van der Waals surface area contributed by atoms with Gasteiger partial charge in [0.25, 0.3) is 0 Å². The molecule has 0 unspecified atom stereocenters. The van der Waals surface area contributed by atoms with Gasteiger partial charge in [-0.2, -0.15) is 0 Å². The zero-order valence-electron chi connectivity index (χ0n) is 4.20. The molecule has 0 aromatic heterocycles. The molecule has 0 aromatic rings. The second-order valence-electron chi connectivity index (χ2n) is 2.51. The Kier molecular flexibility index (Phi) is 1.15. The van der Waals surface area contributed by atoms with Gasteiger partial charge in [-0.1, -0.05) is 0 Å². The summed E-state index contributed by atoms with van der Waals surface area (Å²) in [4.78, 5) is 0. The molecule has 0 N–H and O–H groups in total. The second-order valence-corrected chi connectivity index (χ2v) is 6.49. The first-order valence-electron chi connectivity index (χ1n) is 2.50. The maximum absolute atomic E-state index is 2.39. The van der Waals surface area contributed by atoms with Gasteiger partial charge in [0, 0.05) is 0 Å². The Bertz CT molecular complexity index is 51.0. The van der Waals surface area contributed by atoms with Crippen LogP contribution >= 0.6 is 0 Å². The topological polar surface area (TPSA) is 0 Å². The molecule has 1 aliphatic carbocycles. The van der Waals surface area contributed by atoms with Crippen LogP contribution in [-0.4, -0.2) is 22.5 Å². The van der Waals surface area contributed by atoms with Gasteiger partial charge in [-0.3, -0.25) is 0 Å². The normalized spacial score (nSPS) is 29.0. The second kappa shape index (κ2) is 1.39. The van der Waals surface area contributed by atoms with E-state index < -0.39 is 0 Å². The van der Waals surface area contributed by atoms with E-state index in [0.717, 1.165) is 3.43 Å². The molecule has 0 bridgehead atoms. The van der Waals surface area contributed by atoms with Gasteiger partial charge in [0.2, 0.25) is 0 Å². The van der Waals surface area contributed by atoms with Crippen LogP contribution in [0.5, 0.6) is 0 Å². The van der Waals surface area contributed by atoms with Gasteiger partial charge in [-0.25, -0.2) is 0 Å². The molecule has 0 nitrogen and oxygen atoms in total. The Balaban J connectivity index is 2.31. The van der Waals surface area contributed by atoms with Crippen molar-refractivity contribution in [3.8, 4) is 0 Å². The summed E-state index contributed by atoms with van der Waals surface area (Å²) in [7, 11) is 0. The first-order chi connectivity index (χ1) is 2.71. The molecule has 0 heterocycles. The molecule has 1 saturated carbocycles. The van der Waals surface area contributed by atoms with Crippen LogP contribution in [-0.2, 0) is 0 Å². The van der Waals surface area contributed by atoms with Crippen LogP contribution in [0.15, 0.2) is 0 Å². The molecule has 0 atom stereocenters. The fraction of sp³-hybridized carbons (Fsp3) is 1.00. The summed E-state index contributed by atoms with van der Waals surface area (Å²) < 4.78 is 0.852. The Labute approximate surface area is 52.4 Å². The third kappa shape index (κ3) is 0.894. The molecule has 1 heteroatoms. The van der Waals surface area contributed by atoms with Gasteiger partial charge in [0.1, 0.15) is 0 Å². The van der Waals surface area contributed by atoms with E-state index in [1.807, 2.05) is 0 Å². The molecule has 0 spiro atoms. The predicted molar refractivity (Wildman–Crippen MR) is 29.4 cm³/mol. The summed E-state index contributed by atoms with van der Waals surface area (Å²) in [5.41, 5.74) is 0. The molecule has 1 fully saturated rings. The first kappa shape index (κ1) is 4.95. The third-order valence-electron chi connectivity index (χ3n) is 1.50. The summed E-state index contributed by atoms with van der Waals surface area (Å²) in [5.74, 6) is 0. The van der Waals surface area contributed by atoms with E-state index >= 15 is 0 Å². The minimum absolute atomic E-state index is 0.852. The number of hydrogen-bond acceptors (Lipinski definition) is 0. The average Bonchev–Trinajstić information content (AvgIpc) is 1.32. The monoisotopic (exact) mass is 190 g/mol. The molecule has 0 saturated heterocycles. The van der Waals surface area contributed by atoms with Gasteiger partial charge in [-0.05, 0) is 0 Å². The van der Waals surface area contributed by atoms with Crippen LogP contribution in [0.3, 0.4) is 0 Å². The predicted octanol–water partition coefficient (Wildman–Crippen LogP) is 1.25. The van der Waals surface area contributed by atoms with Crippen molar-refractivity contribution in [3.63, 3.8) is 0 Å². The van der Waals surface area contributed by atoms with Crippen LogP contribution in [0.25, 0.3) is 0 Å². The Morgan fingerprint density at radius 2 is 1.83 bits per heavy atom. The van der Waals surface area contributed by atoms with Crippen molar-refractivity contribution in [1.82, 2.24) is 0 Å². The molecule has 1 rings (SSSR count). The van der Waals surface area contributed by atoms with E-state index in [-0.39, 0.29) is 0 Å². The van der Waals surface area contributed by atoms with Crippen LogP contribution in [0.2, 0.25) is 3.43 Å². The molecule has 34 valence electrons. The van der Waals surface area contributed by atoms with Crippen molar-refractivity contribution in [2.24, 2.45) is 0 Å². The summed E-state index contributed by atoms with van der Waals surface area (Å²) in [6, 6.07) is 0. The van der Waals surface area contributed by atoms with Gasteiger partial charge in [-0.15, -0.1) is 0 Å². The molecule has 0 aliphatic heterocycles. The van der Waals surface area contributed by atoms with Gasteiger partial charge in [0.15, 0.2) is 0 Å². The van der Waals surface area contributed by atoms with E-state index in [0.29, 0.717) is 0 Å². The summed E-state index contributed by atoms with van der Waals surface area (Å²) in [6.45, 7) is 2.39. The Morgan fingerprint density at radius 1 is 1.50 bits per heavy atom.